The average molecular weight is 287 g/mol. The Morgan fingerprint density at radius 1 is 1.00 bits per heavy atom. The van der Waals surface area contributed by atoms with E-state index in [1.54, 1.807) is 5.19 Å². The molecule has 1 aliphatic rings. The van der Waals surface area contributed by atoms with Crippen LogP contribution in [0.2, 0.25) is 18.6 Å². The van der Waals surface area contributed by atoms with Crippen molar-refractivity contribution < 1.29 is 0 Å². The van der Waals surface area contributed by atoms with Gasteiger partial charge >= 0.3 is 0 Å². The first-order valence-corrected chi connectivity index (χ1v) is 11.3. The molecule has 0 bridgehead atoms. The molecule has 1 heteroatoms. The van der Waals surface area contributed by atoms with Gasteiger partial charge in [-0.3, -0.25) is 0 Å². The molecule has 1 saturated carbocycles. The minimum absolute atomic E-state index is 0.666. The smallest absolute Gasteiger partial charge is 0.0872 e. The van der Waals surface area contributed by atoms with Crippen LogP contribution < -0.4 is 5.19 Å². The highest BCUT2D eigenvalue weighted by atomic mass is 28.3. The fraction of sp³-hybridized carbons (Fsp3) is 0.579. The van der Waals surface area contributed by atoms with E-state index in [4.69, 9.17) is 0 Å². The van der Waals surface area contributed by atoms with Gasteiger partial charge < -0.3 is 0 Å². The van der Waals surface area contributed by atoms with Crippen LogP contribution in [0.5, 0.6) is 0 Å². The molecule has 0 unspecified atom stereocenters. The summed E-state index contributed by atoms with van der Waals surface area (Å²) in [4.78, 5) is 0. The third-order valence-corrected chi connectivity index (χ3v) is 9.11. The third kappa shape index (κ3) is 3.63. The van der Waals surface area contributed by atoms with Gasteiger partial charge in [0.05, 0.1) is 8.07 Å². The van der Waals surface area contributed by atoms with Crippen molar-refractivity contribution in [1.82, 2.24) is 0 Å². The first-order chi connectivity index (χ1) is 9.51. The molecule has 0 radical (unpaired) electrons. The molecule has 0 aliphatic heterocycles. The molecule has 0 aromatic heterocycles. The molecule has 2 rings (SSSR count). The second-order valence-corrected chi connectivity index (χ2v) is 12.0. The van der Waals surface area contributed by atoms with Crippen LogP contribution in [0, 0.1) is 11.8 Å². The minimum Gasteiger partial charge on any atom is -0.0872 e. The SMILES string of the molecule is CC(C)/C=C/[C@@H](C1CCCC1)[Si](C)(C)c1ccccc1. The van der Waals surface area contributed by atoms with Crippen LogP contribution in [0.3, 0.4) is 0 Å². The molecule has 0 saturated heterocycles. The molecular weight excluding hydrogens is 256 g/mol. The van der Waals surface area contributed by atoms with Crippen molar-refractivity contribution in [3.05, 3.63) is 42.5 Å². The van der Waals surface area contributed by atoms with E-state index in [0.29, 0.717) is 5.92 Å². The molecule has 0 spiro atoms. The number of benzene rings is 1. The van der Waals surface area contributed by atoms with Gasteiger partial charge in [0.1, 0.15) is 0 Å². The maximum Gasteiger partial charge on any atom is 0.0876 e. The van der Waals surface area contributed by atoms with Gasteiger partial charge in [0.15, 0.2) is 0 Å². The summed E-state index contributed by atoms with van der Waals surface area (Å²) in [6, 6.07) is 11.3. The van der Waals surface area contributed by atoms with Gasteiger partial charge in [0.2, 0.25) is 0 Å². The molecule has 1 fully saturated rings. The normalized spacial score (nSPS) is 19.1. The summed E-state index contributed by atoms with van der Waals surface area (Å²) in [5.41, 5.74) is 0.801. The van der Waals surface area contributed by atoms with E-state index < -0.39 is 8.07 Å². The van der Waals surface area contributed by atoms with Crippen molar-refractivity contribution in [1.29, 1.82) is 0 Å². The predicted molar refractivity (Wildman–Crippen MR) is 93.2 cm³/mol. The maximum atomic E-state index is 2.58. The average Bonchev–Trinajstić information content (AvgIpc) is 2.93. The lowest BCUT2D eigenvalue weighted by atomic mass is 10.0. The first kappa shape index (κ1) is 15.6. The van der Waals surface area contributed by atoms with Crippen LogP contribution in [0.1, 0.15) is 39.5 Å². The summed E-state index contributed by atoms with van der Waals surface area (Å²) in [6.45, 7) is 9.71. The second-order valence-electron chi connectivity index (χ2n) is 7.29. The van der Waals surface area contributed by atoms with Gasteiger partial charge in [0.25, 0.3) is 0 Å². The molecule has 0 nitrogen and oxygen atoms in total. The van der Waals surface area contributed by atoms with Gasteiger partial charge in [-0.05, 0) is 17.4 Å². The fourth-order valence-corrected chi connectivity index (χ4v) is 7.25. The maximum absolute atomic E-state index is 2.58. The van der Waals surface area contributed by atoms with Gasteiger partial charge in [-0.25, -0.2) is 0 Å². The zero-order valence-corrected chi connectivity index (χ0v) is 14.6. The predicted octanol–water partition coefficient (Wildman–Crippen LogP) is 5.37. The molecule has 1 aliphatic carbocycles. The van der Waals surface area contributed by atoms with E-state index in [2.05, 4.69) is 69.4 Å². The summed E-state index contributed by atoms with van der Waals surface area (Å²) in [6.07, 6.45) is 10.8. The number of hydrogen-bond donors (Lipinski definition) is 0. The van der Waals surface area contributed by atoms with Crippen LogP contribution in [-0.2, 0) is 0 Å². The van der Waals surface area contributed by atoms with E-state index >= 15 is 0 Å². The van der Waals surface area contributed by atoms with Crippen LogP contribution in [0.15, 0.2) is 42.5 Å². The van der Waals surface area contributed by atoms with Crippen molar-refractivity contribution in [3.8, 4) is 0 Å². The summed E-state index contributed by atoms with van der Waals surface area (Å²) in [5, 5.41) is 1.62. The Kier molecular flexibility index (Phi) is 5.26. The standard InChI is InChI=1S/C19H30Si/c1-16(2)14-15-19(17-10-8-9-11-17)20(3,4)18-12-6-5-7-13-18/h5-7,12-17,19H,8-11H2,1-4H3/b15-14+/t19-/m0/s1. The third-order valence-electron chi connectivity index (χ3n) is 4.96. The van der Waals surface area contributed by atoms with Crippen molar-refractivity contribution in [2.45, 2.75) is 58.2 Å². The zero-order valence-electron chi connectivity index (χ0n) is 13.6. The molecule has 1 atom stereocenters. The van der Waals surface area contributed by atoms with Gasteiger partial charge in [-0.15, -0.1) is 0 Å². The largest absolute Gasteiger partial charge is 0.0876 e. The van der Waals surface area contributed by atoms with Gasteiger partial charge in [-0.2, -0.15) is 0 Å². The van der Waals surface area contributed by atoms with Crippen LogP contribution in [-0.4, -0.2) is 8.07 Å². The molecule has 0 amide bonds. The Labute approximate surface area is 126 Å². The van der Waals surface area contributed by atoms with Crippen molar-refractivity contribution in [2.24, 2.45) is 11.8 Å². The Hall–Kier alpha value is -0.823. The van der Waals surface area contributed by atoms with Crippen LogP contribution in [0.25, 0.3) is 0 Å². The summed E-state index contributed by atoms with van der Waals surface area (Å²) in [5.74, 6) is 1.59. The lowest BCUT2D eigenvalue weighted by molar-refractivity contribution is 0.545. The van der Waals surface area contributed by atoms with Crippen molar-refractivity contribution >= 4 is 13.3 Å². The molecule has 1 aromatic rings. The van der Waals surface area contributed by atoms with Crippen molar-refractivity contribution in [2.75, 3.05) is 0 Å². The Balaban J connectivity index is 2.29. The Morgan fingerprint density at radius 3 is 2.15 bits per heavy atom. The highest BCUT2D eigenvalue weighted by Crippen LogP contribution is 2.41. The number of allylic oxidation sites excluding steroid dienone is 2. The van der Waals surface area contributed by atoms with E-state index in [0.717, 1.165) is 11.5 Å². The Morgan fingerprint density at radius 2 is 1.60 bits per heavy atom. The number of rotatable bonds is 5. The van der Waals surface area contributed by atoms with Crippen molar-refractivity contribution in [3.63, 3.8) is 0 Å². The van der Waals surface area contributed by atoms with Crippen LogP contribution in [0.4, 0.5) is 0 Å². The highest BCUT2D eigenvalue weighted by molar-refractivity contribution is 6.91. The van der Waals surface area contributed by atoms with E-state index in [1.165, 1.54) is 25.7 Å². The minimum atomic E-state index is -1.43. The van der Waals surface area contributed by atoms with Gasteiger partial charge in [-0.1, -0.05) is 100 Å². The van der Waals surface area contributed by atoms with E-state index in [9.17, 15) is 0 Å². The molecule has 110 valence electrons. The number of hydrogen-bond acceptors (Lipinski definition) is 0. The molecule has 0 N–H and O–H groups in total. The quantitative estimate of drug-likeness (QED) is 0.504. The van der Waals surface area contributed by atoms with E-state index in [-0.39, 0.29) is 0 Å². The van der Waals surface area contributed by atoms with Crippen LogP contribution >= 0.6 is 0 Å². The summed E-state index contributed by atoms with van der Waals surface area (Å²) < 4.78 is 0. The first-order valence-electron chi connectivity index (χ1n) is 8.25. The second kappa shape index (κ2) is 6.75. The molecule has 20 heavy (non-hydrogen) atoms. The Bertz CT molecular complexity index is 424. The zero-order chi connectivity index (χ0) is 14.6. The molecule has 1 aromatic carbocycles. The topological polar surface area (TPSA) is 0 Å². The summed E-state index contributed by atoms with van der Waals surface area (Å²) >= 11 is 0. The lowest BCUT2D eigenvalue weighted by Gasteiger charge is -2.35. The fourth-order valence-electron chi connectivity index (χ4n) is 3.71. The molecular formula is C19H30Si. The van der Waals surface area contributed by atoms with E-state index in [1.807, 2.05) is 0 Å². The van der Waals surface area contributed by atoms with Gasteiger partial charge in [0, 0.05) is 0 Å². The highest BCUT2D eigenvalue weighted by Gasteiger charge is 2.38. The monoisotopic (exact) mass is 286 g/mol. The summed E-state index contributed by atoms with van der Waals surface area (Å²) in [7, 11) is -1.43. The molecule has 0 heterocycles. The lowest BCUT2D eigenvalue weighted by Crippen LogP contribution is -2.47.